The number of ether oxygens (including phenoxy) is 2. The monoisotopic (exact) mass is 232 g/mol. The molecular formula is C13H16N2O2. The summed E-state index contributed by atoms with van der Waals surface area (Å²) in [6, 6.07) is 7.86. The molecule has 0 radical (unpaired) electrons. The molecule has 1 N–H and O–H groups in total. The molecule has 0 saturated carbocycles. The second-order valence-electron chi connectivity index (χ2n) is 4.11. The van der Waals surface area contributed by atoms with Gasteiger partial charge in [-0.25, -0.2) is 0 Å². The molecule has 1 saturated heterocycles. The zero-order chi connectivity index (χ0) is 12.3. The van der Waals surface area contributed by atoms with Crippen LogP contribution in [0.2, 0.25) is 0 Å². The minimum Gasteiger partial charge on any atom is -0.495 e. The van der Waals surface area contributed by atoms with E-state index in [1.807, 2.05) is 19.1 Å². The summed E-state index contributed by atoms with van der Waals surface area (Å²) in [7, 11) is 1.61. The molecule has 1 aliphatic rings. The maximum absolute atomic E-state index is 9.10. The normalized spacial score (nSPS) is 23.1. The molecule has 90 valence electrons. The van der Waals surface area contributed by atoms with E-state index in [9.17, 15) is 0 Å². The van der Waals surface area contributed by atoms with Crippen molar-refractivity contribution in [2.24, 2.45) is 0 Å². The van der Waals surface area contributed by atoms with E-state index in [4.69, 9.17) is 14.7 Å². The smallest absolute Gasteiger partial charge is 0.143 e. The highest BCUT2D eigenvalue weighted by Gasteiger charge is 2.25. The van der Waals surface area contributed by atoms with E-state index in [0.717, 1.165) is 18.7 Å². The lowest BCUT2D eigenvalue weighted by atomic mass is 10.1. The lowest BCUT2D eigenvalue weighted by Gasteiger charge is -2.20. The van der Waals surface area contributed by atoms with Gasteiger partial charge in [0.2, 0.25) is 0 Å². The summed E-state index contributed by atoms with van der Waals surface area (Å²) in [5.41, 5.74) is 1.36. The third-order valence-electron chi connectivity index (χ3n) is 3.07. The Morgan fingerprint density at radius 2 is 2.35 bits per heavy atom. The second kappa shape index (κ2) is 5.07. The van der Waals surface area contributed by atoms with Gasteiger partial charge < -0.3 is 14.8 Å². The summed E-state index contributed by atoms with van der Waals surface area (Å²) >= 11 is 0. The van der Waals surface area contributed by atoms with Gasteiger partial charge in [0.05, 0.1) is 30.5 Å². The number of nitrogens with one attached hydrogen (secondary N) is 1. The molecule has 0 aliphatic carbocycles. The fourth-order valence-corrected chi connectivity index (χ4v) is 2.05. The van der Waals surface area contributed by atoms with Crippen molar-refractivity contribution in [3.05, 3.63) is 23.8 Å². The minimum atomic E-state index is 0.159. The molecule has 1 fully saturated rings. The SMILES string of the molecule is COc1cccc(C#N)c1NC1CCOC1C. The molecule has 0 bridgehead atoms. The van der Waals surface area contributed by atoms with Gasteiger partial charge in [0.15, 0.2) is 0 Å². The molecule has 1 aromatic carbocycles. The number of rotatable bonds is 3. The Labute approximate surface area is 101 Å². The highest BCUT2D eigenvalue weighted by molar-refractivity contribution is 5.66. The summed E-state index contributed by atoms with van der Waals surface area (Å²) in [4.78, 5) is 0. The number of para-hydroxylation sites is 1. The van der Waals surface area contributed by atoms with Gasteiger partial charge >= 0.3 is 0 Å². The lowest BCUT2D eigenvalue weighted by molar-refractivity contribution is 0.121. The molecule has 2 rings (SSSR count). The van der Waals surface area contributed by atoms with E-state index >= 15 is 0 Å². The molecule has 2 atom stereocenters. The van der Waals surface area contributed by atoms with Crippen molar-refractivity contribution in [1.82, 2.24) is 0 Å². The topological polar surface area (TPSA) is 54.3 Å². The van der Waals surface area contributed by atoms with Crippen molar-refractivity contribution < 1.29 is 9.47 Å². The van der Waals surface area contributed by atoms with E-state index < -0.39 is 0 Å². The maximum Gasteiger partial charge on any atom is 0.143 e. The Bertz CT molecular complexity index is 440. The van der Waals surface area contributed by atoms with Crippen LogP contribution in [0.3, 0.4) is 0 Å². The van der Waals surface area contributed by atoms with Gasteiger partial charge in [-0.3, -0.25) is 0 Å². The van der Waals surface area contributed by atoms with Crippen LogP contribution in [0.25, 0.3) is 0 Å². The summed E-state index contributed by atoms with van der Waals surface area (Å²) in [5, 5.41) is 12.5. The van der Waals surface area contributed by atoms with Gasteiger partial charge in [-0.05, 0) is 25.5 Å². The molecule has 17 heavy (non-hydrogen) atoms. The first-order chi connectivity index (χ1) is 8.26. The van der Waals surface area contributed by atoms with Gasteiger partial charge in [-0.1, -0.05) is 6.07 Å². The van der Waals surface area contributed by atoms with Gasteiger partial charge in [0, 0.05) is 6.61 Å². The van der Waals surface area contributed by atoms with E-state index in [-0.39, 0.29) is 12.1 Å². The molecule has 0 aromatic heterocycles. The van der Waals surface area contributed by atoms with Crippen molar-refractivity contribution in [3.63, 3.8) is 0 Å². The van der Waals surface area contributed by atoms with E-state index in [0.29, 0.717) is 11.3 Å². The first-order valence-corrected chi connectivity index (χ1v) is 5.71. The molecule has 0 spiro atoms. The number of benzene rings is 1. The molecular weight excluding hydrogens is 216 g/mol. The largest absolute Gasteiger partial charge is 0.495 e. The zero-order valence-corrected chi connectivity index (χ0v) is 10.1. The van der Waals surface area contributed by atoms with Crippen LogP contribution < -0.4 is 10.1 Å². The lowest BCUT2D eigenvalue weighted by Crippen LogP contribution is -2.27. The van der Waals surface area contributed by atoms with Crippen LogP contribution in [0.15, 0.2) is 18.2 Å². The average molecular weight is 232 g/mol. The van der Waals surface area contributed by atoms with Crippen LogP contribution in [0.4, 0.5) is 5.69 Å². The van der Waals surface area contributed by atoms with Crippen molar-refractivity contribution in [2.75, 3.05) is 19.0 Å². The molecule has 4 heteroatoms. The molecule has 1 heterocycles. The van der Waals surface area contributed by atoms with Crippen molar-refractivity contribution in [1.29, 1.82) is 5.26 Å². The van der Waals surface area contributed by atoms with E-state index in [1.165, 1.54) is 0 Å². The summed E-state index contributed by atoms with van der Waals surface area (Å²) < 4.78 is 10.8. The van der Waals surface area contributed by atoms with Crippen LogP contribution in [0.5, 0.6) is 5.75 Å². The fourth-order valence-electron chi connectivity index (χ4n) is 2.05. The quantitative estimate of drug-likeness (QED) is 0.867. The third kappa shape index (κ3) is 2.34. The van der Waals surface area contributed by atoms with Crippen LogP contribution in [-0.2, 0) is 4.74 Å². The predicted molar refractivity (Wildman–Crippen MR) is 65.2 cm³/mol. The fraction of sp³-hybridized carbons (Fsp3) is 0.462. The van der Waals surface area contributed by atoms with Gasteiger partial charge in [-0.2, -0.15) is 5.26 Å². The standard InChI is InChI=1S/C13H16N2O2/c1-9-11(6-7-17-9)15-13-10(8-14)4-3-5-12(13)16-2/h3-5,9,11,15H,6-7H2,1-2H3. The second-order valence-corrected chi connectivity index (χ2v) is 4.11. The Balaban J connectivity index is 2.27. The summed E-state index contributed by atoms with van der Waals surface area (Å²) in [6.07, 6.45) is 1.11. The van der Waals surface area contributed by atoms with Crippen LogP contribution in [-0.4, -0.2) is 25.9 Å². The highest BCUT2D eigenvalue weighted by Crippen LogP contribution is 2.30. The van der Waals surface area contributed by atoms with Gasteiger partial charge in [0.25, 0.3) is 0 Å². The molecule has 0 amide bonds. The Kier molecular flexibility index (Phi) is 3.50. The zero-order valence-electron chi connectivity index (χ0n) is 10.1. The number of anilines is 1. The van der Waals surface area contributed by atoms with Gasteiger partial charge in [0.1, 0.15) is 11.8 Å². The number of nitriles is 1. The Morgan fingerprint density at radius 3 is 2.94 bits per heavy atom. The molecule has 2 unspecified atom stereocenters. The van der Waals surface area contributed by atoms with Crippen molar-refractivity contribution in [3.8, 4) is 11.8 Å². The molecule has 4 nitrogen and oxygen atoms in total. The van der Waals surface area contributed by atoms with E-state index in [2.05, 4.69) is 11.4 Å². The van der Waals surface area contributed by atoms with Crippen LogP contribution in [0.1, 0.15) is 18.9 Å². The van der Waals surface area contributed by atoms with Crippen molar-refractivity contribution >= 4 is 5.69 Å². The summed E-state index contributed by atoms with van der Waals surface area (Å²) in [5.74, 6) is 0.697. The summed E-state index contributed by atoms with van der Waals surface area (Å²) in [6.45, 7) is 2.79. The van der Waals surface area contributed by atoms with Crippen molar-refractivity contribution in [2.45, 2.75) is 25.5 Å². The molecule has 1 aliphatic heterocycles. The molecule has 1 aromatic rings. The average Bonchev–Trinajstić information content (AvgIpc) is 2.75. The first-order valence-electron chi connectivity index (χ1n) is 5.71. The number of nitrogens with zero attached hydrogens (tertiary/aromatic N) is 1. The highest BCUT2D eigenvalue weighted by atomic mass is 16.5. The third-order valence-corrected chi connectivity index (χ3v) is 3.07. The van der Waals surface area contributed by atoms with E-state index in [1.54, 1.807) is 13.2 Å². The van der Waals surface area contributed by atoms with Gasteiger partial charge in [-0.15, -0.1) is 0 Å². The number of hydrogen-bond donors (Lipinski definition) is 1. The Morgan fingerprint density at radius 1 is 1.53 bits per heavy atom. The van der Waals surface area contributed by atoms with Crippen LogP contribution >= 0.6 is 0 Å². The maximum atomic E-state index is 9.10. The minimum absolute atomic E-state index is 0.159. The number of methoxy groups -OCH3 is 1. The van der Waals surface area contributed by atoms with Crippen LogP contribution in [0, 0.1) is 11.3 Å². The first kappa shape index (κ1) is 11.7. The predicted octanol–water partition coefficient (Wildman–Crippen LogP) is 2.16. The Hall–Kier alpha value is -1.73. The number of hydrogen-bond acceptors (Lipinski definition) is 4.